The van der Waals surface area contributed by atoms with Gasteiger partial charge in [-0.25, -0.2) is 4.98 Å². The van der Waals surface area contributed by atoms with Gasteiger partial charge in [-0.2, -0.15) is 0 Å². The molecule has 0 saturated heterocycles. The molecule has 2 aromatic carbocycles. The molecule has 0 atom stereocenters. The van der Waals surface area contributed by atoms with Crippen LogP contribution in [0.1, 0.15) is 25.6 Å². The maximum atomic E-state index is 6.07. The van der Waals surface area contributed by atoms with Crippen molar-refractivity contribution in [3.63, 3.8) is 0 Å². The zero-order valence-electron chi connectivity index (χ0n) is 11.8. The number of hydrogen-bond donors (Lipinski definition) is 1. The van der Waals surface area contributed by atoms with E-state index in [1.165, 1.54) is 0 Å². The maximum absolute atomic E-state index is 6.07. The Balaban J connectivity index is 2.36. The number of nitrogens with two attached hydrogens (primary N) is 1. The van der Waals surface area contributed by atoms with Gasteiger partial charge in [0, 0.05) is 20.2 Å². The Labute approximate surface area is 142 Å². The second-order valence-corrected chi connectivity index (χ2v) is 6.90. The summed E-state index contributed by atoms with van der Waals surface area (Å²) in [6, 6.07) is 11.8. The SMILES string of the molecule is CC(C)c1nc2cc(N)ccc2n1-c1ccc(Cl)cc1I. The molecular formula is C16H15ClIN3. The van der Waals surface area contributed by atoms with Crippen LogP contribution in [0, 0.1) is 3.57 Å². The van der Waals surface area contributed by atoms with E-state index in [1.807, 2.05) is 36.4 Å². The first-order chi connectivity index (χ1) is 9.97. The molecule has 3 rings (SSSR count). The lowest BCUT2D eigenvalue weighted by atomic mass is 10.2. The zero-order chi connectivity index (χ0) is 15.1. The number of aromatic nitrogens is 2. The van der Waals surface area contributed by atoms with Gasteiger partial charge in [-0.15, -0.1) is 0 Å². The van der Waals surface area contributed by atoms with E-state index in [1.54, 1.807) is 0 Å². The minimum atomic E-state index is 0.310. The Kier molecular flexibility index (Phi) is 3.84. The lowest BCUT2D eigenvalue weighted by Crippen LogP contribution is -2.04. The molecule has 5 heteroatoms. The van der Waals surface area contributed by atoms with Gasteiger partial charge in [0.05, 0.1) is 16.7 Å². The van der Waals surface area contributed by atoms with Crippen LogP contribution in [0.4, 0.5) is 5.69 Å². The van der Waals surface area contributed by atoms with Crippen LogP contribution in [0.3, 0.4) is 0 Å². The fourth-order valence-corrected chi connectivity index (χ4v) is 3.53. The Hall–Kier alpha value is -1.27. The third-order valence-corrected chi connectivity index (χ3v) is 4.47. The van der Waals surface area contributed by atoms with Crippen LogP contribution in [-0.2, 0) is 0 Å². The highest BCUT2D eigenvalue weighted by Crippen LogP contribution is 2.30. The number of anilines is 1. The van der Waals surface area contributed by atoms with Crippen molar-refractivity contribution in [3.8, 4) is 5.69 Å². The smallest absolute Gasteiger partial charge is 0.117 e. The van der Waals surface area contributed by atoms with E-state index in [0.717, 1.165) is 36.8 Å². The summed E-state index contributed by atoms with van der Waals surface area (Å²) in [5, 5.41) is 0.739. The second kappa shape index (κ2) is 5.50. The Morgan fingerprint density at radius 1 is 1.19 bits per heavy atom. The van der Waals surface area contributed by atoms with Gasteiger partial charge in [-0.1, -0.05) is 25.4 Å². The molecule has 108 valence electrons. The van der Waals surface area contributed by atoms with Crippen molar-refractivity contribution >= 4 is 50.9 Å². The topological polar surface area (TPSA) is 43.8 Å². The van der Waals surface area contributed by atoms with Gasteiger partial charge in [0.15, 0.2) is 0 Å². The maximum Gasteiger partial charge on any atom is 0.117 e. The van der Waals surface area contributed by atoms with E-state index in [4.69, 9.17) is 22.3 Å². The summed E-state index contributed by atoms with van der Waals surface area (Å²) in [7, 11) is 0. The number of halogens is 2. The molecule has 0 radical (unpaired) electrons. The summed E-state index contributed by atoms with van der Waals surface area (Å²) in [4.78, 5) is 4.76. The van der Waals surface area contributed by atoms with E-state index in [-0.39, 0.29) is 0 Å². The molecule has 1 heterocycles. The van der Waals surface area contributed by atoms with E-state index < -0.39 is 0 Å². The minimum Gasteiger partial charge on any atom is -0.399 e. The first kappa shape index (κ1) is 14.7. The van der Waals surface area contributed by atoms with Gasteiger partial charge in [-0.3, -0.25) is 4.57 Å². The van der Waals surface area contributed by atoms with Crippen molar-refractivity contribution in [2.75, 3.05) is 5.73 Å². The number of benzene rings is 2. The van der Waals surface area contributed by atoms with E-state index in [2.05, 4.69) is 41.0 Å². The van der Waals surface area contributed by atoms with Crippen LogP contribution in [0.2, 0.25) is 5.02 Å². The third kappa shape index (κ3) is 2.62. The number of nitrogen functional groups attached to an aromatic ring is 1. The molecule has 1 aromatic heterocycles. The predicted molar refractivity (Wildman–Crippen MR) is 97.3 cm³/mol. The molecular weight excluding hydrogens is 397 g/mol. The minimum absolute atomic E-state index is 0.310. The van der Waals surface area contributed by atoms with E-state index in [9.17, 15) is 0 Å². The fraction of sp³-hybridized carbons (Fsp3) is 0.188. The number of rotatable bonds is 2. The summed E-state index contributed by atoms with van der Waals surface area (Å²) in [6.45, 7) is 4.29. The van der Waals surface area contributed by atoms with Crippen LogP contribution in [-0.4, -0.2) is 9.55 Å². The Morgan fingerprint density at radius 3 is 2.62 bits per heavy atom. The summed E-state index contributed by atoms with van der Waals surface area (Å²) in [6.07, 6.45) is 0. The normalized spacial score (nSPS) is 11.5. The molecule has 0 aliphatic rings. The molecule has 21 heavy (non-hydrogen) atoms. The Morgan fingerprint density at radius 2 is 1.95 bits per heavy atom. The van der Waals surface area contributed by atoms with Crippen LogP contribution in [0.5, 0.6) is 0 Å². The van der Waals surface area contributed by atoms with Crippen LogP contribution < -0.4 is 5.73 Å². The number of fused-ring (bicyclic) bond motifs is 1. The van der Waals surface area contributed by atoms with Crippen LogP contribution >= 0.6 is 34.2 Å². The average molecular weight is 412 g/mol. The molecule has 0 aliphatic carbocycles. The summed E-state index contributed by atoms with van der Waals surface area (Å²) in [5.41, 5.74) is 9.69. The van der Waals surface area contributed by atoms with Crippen molar-refractivity contribution in [2.24, 2.45) is 0 Å². The van der Waals surface area contributed by atoms with Crippen molar-refractivity contribution in [3.05, 3.63) is 50.8 Å². The van der Waals surface area contributed by atoms with Gasteiger partial charge in [-0.05, 0) is 59.0 Å². The first-order valence-corrected chi connectivity index (χ1v) is 8.16. The molecule has 0 unspecified atom stereocenters. The lowest BCUT2D eigenvalue weighted by molar-refractivity contribution is 0.759. The molecule has 0 saturated carbocycles. The van der Waals surface area contributed by atoms with Crippen molar-refractivity contribution < 1.29 is 0 Å². The van der Waals surface area contributed by atoms with Gasteiger partial charge >= 0.3 is 0 Å². The highest BCUT2D eigenvalue weighted by molar-refractivity contribution is 14.1. The average Bonchev–Trinajstić information content (AvgIpc) is 2.77. The van der Waals surface area contributed by atoms with Crippen LogP contribution in [0.25, 0.3) is 16.7 Å². The summed E-state index contributed by atoms with van der Waals surface area (Å²) < 4.78 is 3.29. The number of nitrogens with zero attached hydrogens (tertiary/aromatic N) is 2. The molecule has 0 aliphatic heterocycles. The number of hydrogen-bond acceptors (Lipinski definition) is 2. The van der Waals surface area contributed by atoms with Gasteiger partial charge in [0.1, 0.15) is 5.82 Å². The molecule has 2 N–H and O–H groups in total. The molecule has 0 spiro atoms. The van der Waals surface area contributed by atoms with E-state index in [0.29, 0.717) is 5.92 Å². The lowest BCUT2D eigenvalue weighted by Gasteiger charge is -2.13. The van der Waals surface area contributed by atoms with Gasteiger partial charge in [0.2, 0.25) is 0 Å². The van der Waals surface area contributed by atoms with Gasteiger partial charge in [0.25, 0.3) is 0 Å². The Bertz CT molecular complexity index is 824. The van der Waals surface area contributed by atoms with Crippen molar-refractivity contribution in [1.82, 2.24) is 9.55 Å². The second-order valence-electron chi connectivity index (χ2n) is 5.30. The molecule has 0 amide bonds. The van der Waals surface area contributed by atoms with Crippen LogP contribution in [0.15, 0.2) is 36.4 Å². The number of imidazole rings is 1. The van der Waals surface area contributed by atoms with Crippen molar-refractivity contribution in [1.29, 1.82) is 0 Å². The molecule has 0 bridgehead atoms. The molecule has 3 nitrogen and oxygen atoms in total. The molecule has 0 fully saturated rings. The highest BCUT2D eigenvalue weighted by atomic mass is 127. The van der Waals surface area contributed by atoms with Crippen molar-refractivity contribution in [2.45, 2.75) is 19.8 Å². The fourth-order valence-electron chi connectivity index (χ4n) is 2.42. The predicted octanol–water partition coefficient (Wildman–Crippen LogP) is 4.99. The third-order valence-electron chi connectivity index (χ3n) is 3.37. The summed E-state index contributed by atoms with van der Waals surface area (Å²) in [5.74, 6) is 1.33. The quantitative estimate of drug-likeness (QED) is 0.477. The summed E-state index contributed by atoms with van der Waals surface area (Å²) >= 11 is 8.38. The van der Waals surface area contributed by atoms with E-state index >= 15 is 0 Å². The zero-order valence-corrected chi connectivity index (χ0v) is 14.7. The first-order valence-electron chi connectivity index (χ1n) is 6.70. The highest BCUT2D eigenvalue weighted by Gasteiger charge is 2.17. The monoisotopic (exact) mass is 411 g/mol. The standard InChI is InChI=1S/C16H15ClIN3/c1-9(2)16-20-13-8-11(19)4-6-15(13)21(16)14-5-3-10(17)7-12(14)18/h3-9H,19H2,1-2H3. The van der Waals surface area contributed by atoms with Gasteiger partial charge < -0.3 is 5.73 Å². The molecule has 3 aromatic rings. The largest absolute Gasteiger partial charge is 0.399 e.